The lowest BCUT2D eigenvalue weighted by Gasteiger charge is -2.32. The molecular formula is C27H30N2O7S. The Balaban J connectivity index is 2.18. The molecule has 196 valence electrons. The Morgan fingerprint density at radius 1 is 1.05 bits per heavy atom. The fourth-order valence-corrected chi connectivity index (χ4v) is 5.51. The van der Waals surface area contributed by atoms with E-state index in [9.17, 15) is 19.7 Å². The van der Waals surface area contributed by atoms with Gasteiger partial charge < -0.3 is 14.2 Å². The van der Waals surface area contributed by atoms with Crippen molar-refractivity contribution in [2.75, 3.05) is 20.3 Å². The second-order valence-corrected chi connectivity index (χ2v) is 9.26. The molecule has 0 aromatic heterocycles. The lowest BCUT2D eigenvalue weighted by atomic mass is 9.75. The Hall–Kier alpha value is -3.66. The maximum absolute atomic E-state index is 13.2. The molecule has 0 amide bonds. The van der Waals surface area contributed by atoms with Crippen molar-refractivity contribution in [3.05, 3.63) is 75.0 Å². The molecule has 2 atom stereocenters. The van der Waals surface area contributed by atoms with Crippen molar-refractivity contribution < 1.29 is 28.7 Å². The average molecular weight is 527 g/mol. The zero-order chi connectivity index (χ0) is 27.1. The van der Waals surface area contributed by atoms with Crippen LogP contribution in [0.2, 0.25) is 0 Å². The van der Waals surface area contributed by atoms with Gasteiger partial charge in [0.1, 0.15) is 11.7 Å². The van der Waals surface area contributed by atoms with E-state index in [2.05, 4.69) is 4.99 Å². The van der Waals surface area contributed by atoms with Crippen LogP contribution in [0.25, 0.3) is 0 Å². The molecule has 0 bridgehead atoms. The Morgan fingerprint density at radius 3 is 2.32 bits per heavy atom. The predicted octanol–water partition coefficient (Wildman–Crippen LogP) is 5.47. The fourth-order valence-electron chi connectivity index (χ4n) is 4.35. The molecule has 2 unspecified atom stereocenters. The minimum atomic E-state index is -0.939. The van der Waals surface area contributed by atoms with E-state index in [-0.39, 0.29) is 24.5 Å². The second kappa shape index (κ2) is 12.5. The van der Waals surface area contributed by atoms with E-state index in [1.54, 1.807) is 46.9 Å². The molecular weight excluding hydrogens is 496 g/mol. The zero-order valence-electron chi connectivity index (χ0n) is 21.5. The lowest BCUT2D eigenvalue weighted by molar-refractivity contribution is -0.387. The number of nitrogens with zero attached hydrogens (tertiary/aromatic N) is 2. The van der Waals surface area contributed by atoms with Gasteiger partial charge in [0.05, 0.1) is 35.7 Å². The maximum atomic E-state index is 13.2. The molecule has 2 aromatic carbocycles. The van der Waals surface area contributed by atoms with Crippen LogP contribution in [-0.2, 0) is 24.8 Å². The van der Waals surface area contributed by atoms with Crippen LogP contribution < -0.4 is 4.74 Å². The third kappa shape index (κ3) is 6.19. The number of carbonyl (C=O) groups excluding carboxylic acids is 2. The number of esters is 2. The molecule has 1 heterocycles. The Morgan fingerprint density at radius 2 is 1.73 bits per heavy atom. The summed E-state index contributed by atoms with van der Waals surface area (Å²) in [5, 5.41) is 12.1. The molecule has 1 aliphatic heterocycles. The number of benzene rings is 2. The van der Waals surface area contributed by atoms with Gasteiger partial charge in [0.25, 0.3) is 5.69 Å². The van der Waals surface area contributed by atoms with E-state index in [0.717, 1.165) is 5.56 Å². The van der Waals surface area contributed by atoms with Crippen molar-refractivity contribution in [1.29, 1.82) is 0 Å². The van der Waals surface area contributed by atoms with Gasteiger partial charge >= 0.3 is 11.9 Å². The van der Waals surface area contributed by atoms with Gasteiger partial charge in [-0.3, -0.25) is 19.9 Å². The number of allylic oxidation sites excluding steroid dienone is 1. The van der Waals surface area contributed by atoms with Gasteiger partial charge in [0.15, 0.2) is 0 Å². The van der Waals surface area contributed by atoms with Gasteiger partial charge in [-0.25, -0.2) is 4.79 Å². The highest BCUT2D eigenvalue weighted by Crippen LogP contribution is 2.46. The summed E-state index contributed by atoms with van der Waals surface area (Å²) in [5.74, 6) is -1.86. The third-order valence-corrected chi connectivity index (χ3v) is 7.17. The highest BCUT2D eigenvalue weighted by molar-refractivity contribution is 7.98. The normalized spacial score (nSPS) is 17.2. The number of carbonyl (C=O) groups is 2. The highest BCUT2D eigenvalue weighted by Gasteiger charge is 2.44. The molecule has 0 radical (unpaired) electrons. The molecule has 3 rings (SSSR count). The summed E-state index contributed by atoms with van der Waals surface area (Å²) in [6, 6.07) is 12.1. The van der Waals surface area contributed by atoms with Crippen LogP contribution in [0.1, 0.15) is 44.7 Å². The topological polar surface area (TPSA) is 117 Å². The van der Waals surface area contributed by atoms with Gasteiger partial charge in [-0.2, -0.15) is 0 Å². The van der Waals surface area contributed by atoms with E-state index >= 15 is 0 Å². The van der Waals surface area contributed by atoms with Gasteiger partial charge in [0.2, 0.25) is 0 Å². The number of rotatable bonds is 10. The summed E-state index contributed by atoms with van der Waals surface area (Å²) in [6.07, 6.45) is 0. The van der Waals surface area contributed by atoms with E-state index in [1.165, 1.54) is 17.8 Å². The van der Waals surface area contributed by atoms with E-state index in [1.807, 2.05) is 24.3 Å². The van der Waals surface area contributed by atoms with Crippen molar-refractivity contribution in [3.8, 4) is 5.75 Å². The number of nitro benzene ring substituents is 1. The van der Waals surface area contributed by atoms with Gasteiger partial charge in [-0.1, -0.05) is 24.3 Å². The number of hydrogen-bond acceptors (Lipinski definition) is 9. The first-order valence-electron chi connectivity index (χ1n) is 11.9. The van der Waals surface area contributed by atoms with E-state index < -0.39 is 28.7 Å². The lowest BCUT2D eigenvalue weighted by Crippen LogP contribution is -2.37. The summed E-state index contributed by atoms with van der Waals surface area (Å²) in [7, 11) is 1.58. The number of ether oxygens (including phenoxy) is 3. The number of thioether (sulfide) groups is 1. The maximum Gasteiger partial charge on any atom is 0.336 e. The van der Waals surface area contributed by atoms with Crippen molar-refractivity contribution in [1.82, 2.24) is 0 Å². The van der Waals surface area contributed by atoms with Crippen LogP contribution in [0.3, 0.4) is 0 Å². The molecule has 1 aliphatic rings. The number of aliphatic imine (C=N–C) groups is 1. The monoisotopic (exact) mass is 526 g/mol. The Bertz CT molecular complexity index is 1240. The molecule has 9 nitrogen and oxygen atoms in total. The van der Waals surface area contributed by atoms with Crippen LogP contribution in [-0.4, -0.2) is 42.9 Å². The SMILES string of the molecule is CCOC(=O)C1=C(C)N=C(C)C(C(=O)OCC)C1c1cccc([N+](=O)[O-])c1SCc1ccc(OC)cc1. The van der Waals surface area contributed by atoms with Crippen molar-refractivity contribution >= 4 is 35.1 Å². The number of methoxy groups -OCH3 is 1. The van der Waals surface area contributed by atoms with Crippen LogP contribution in [0.4, 0.5) is 5.69 Å². The molecule has 0 spiro atoms. The summed E-state index contributed by atoms with van der Waals surface area (Å²) >= 11 is 1.27. The van der Waals surface area contributed by atoms with E-state index in [0.29, 0.717) is 33.4 Å². The third-order valence-electron chi connectivity index (χ3n) is 5.96. The molecule has 37 heavy (non-hydrogen) atoms. The summed E-state index contributed by atoms with van der Waals surface area (Å²) in [5.41, 5.74) is 2.35. The van der Waals surface area contributed by atoms with Crippen LogP contribution in [0.5, 0.6) is 5.75 Å². The molecule has 0 N–H and O–H groups in total. The van der Waals surface area contributed by atoms with Crippen molar-refractivity contribution in [2.24, 2.45) is 10.9 Å². The van der Waals surface area contributed by atoms with E-state index in [4.69, 9.17) is 14.2 Å². The molecule has 2 aromatic rings. The molecule has 0 fully saturated rings. The molecule has 10 heteroatoms. The number of nitro groups is 1. The summed E-state index contributed by atoms with van der Waals surface area (Å²) in [6.45, 7) is 7.02. The zero-order valence-corrected chi connectivity index (χ0v) is 22.3. The fraction of sp³-hybridized carbons (Fsp3) is 0.370. The minimum Gasteiger partial charge on any atom is -0.497 e. The second-order valence-electron chi connectivity index (χ2n) is 8.27. The van der Waals surface area contributed by atoms with Gasteiger partial charge in [-0.05, 0) is 51.0 Å². The molecule has 0 saturated heterocycles. The van der Waals surface area contributed by atoms with Crippen LogP contribution in [0.15, 0.2) is 63.6 Å². The molecule has 0 aliphatic carbocycles. The first-order chi connectivity index (χ1) is 17.7. The quantitative estimate of drug-likeness (QED) is 0.173. The highest BCUT2D eigenvalue weighted by atomic mass is 32.2. The van der Waals surface area contributed by atoms with Crippen LogP contribution >= 0.6 is 11.8 Å². The first kappa shape index (κ1) is 27.9. The summed E-state index contributed by atoms with van der Waals surface area (Å²) < 4.78 is 15.9. The van der Waals surface area contributed by atoms with Crippen molar-refractivity contribution in [2.45, 2.75) is 44.3 Å². The Labute approximate surface area is 220 Å². The van der Waals surface area contributed by atoms with Crippen molar-refractivity contribution in [3.63, 3.8) is 0 Å². The average Bonchev–Trinajstić information content (AvgIpc) is 2.87. The number of hydrogen-bond donors (Lipinski definition) is 0. The largest absolute Gasteiger partial charge is 0.497 e. The molecule has 0 saturated carbocycles. The van der Waals surface area contributed by atoms with Gasteiger partial charge in [-0.15, -0.1) is 11.8 Å². The van der Waals surface area contributed by atoms with Crippen LogP contribution in [0, 0.1) is 16.0 Å². The Kier molecular flexibility index (Phi) is 9.46. The van der Waals surface area contributed by atoms with Gasteiger partial charge in [0, 0.05) is 29.1 Å². The predicted molar refractivity (Wildman–Crippen MR) is 141 cm³/mol. The smallest absolute Gasteiger partial charge is 0.336 e. The standard InChI is InChI=1S/C27H30N2O7S/c1-6-35-26(30)22-16(3)28-17(4)23(27(31)36-7-2)24(22)20-9-8-10-21(29(32)33)25(20)37-15-18-11-13-19(34-5)14-12-18/h8-14,22,24H,6-7,15H2,1-5H3. The summed E-state index contributed by atoms with van der Waals surface area (Å²) in [4.78, 5) is 42.8. The first-order valence-corrected chi connectivity index (χ1v) is 12.8. The minimum absolute atomic E-state index is 0.111.